The molecule has 0 radical (unpaired) electrons. The van der Waals surface area contributed by atoms with Crippen LogP contribution in [0.3, 0.4) is 0 Å². The molecular weight excluding hydrogens is 282 g/mol. The SMILES string of the molecule is CC(=O)[O-].CC(C)c1ccc(O)cc1.Nc1ccc(O)cc1. The molecule has 5 heteroatoms. The normalized spacial score (nSPS) is 9.09. The van der Waals surface area contributed by atoms with Crippen LogP contribution >= 0.6 is 0 Å². The molecule has 5 nitrogen and oxygen atoms in total. The predicted octanol–water partition coefficient (Wildman–Crippen LogP) is 2.25. The van der Waals surface area contributed by atoms with E-state index < -0.39 is 5.97 Å². The predicted molar refractivity (Wildman–Crippen MR) is 85.4 cm³/mol. The zero-order chi connectivity index (χ0) is 17.1. The van der Waals surface area contributed by atoms with Crippen molar-refractivity contribution in [3.05, 3.63) is 54.1 Å². The average Bonchev–Trinajstić information content (AvgIpc) is 2.43. The molecule has 120 valence electrons. The van der Waals surface area contributed by atoms with Crippen molar-refractivity contribution in [2.24, 2.45) is 0 Å². The number of nitrogens with two attached hydrogens (primary N) is 1. The Balaban J connectivity index is 0.000000330. The van der Waals surface area contributed by atoms with E-state index >= 15 is 0 Å². The first-order chi connectivity index (χ1) is 10.2. The molecule has 2 aromatic carbocycles. The number of carbonyl (C=O) groups is 1. The number of aliphatic carboxylic acids is 1. The Kier molecular flexibility index (Phi) is 8.86. The van der Waals surface area contributed by atoms with Crippen LogP contribution in [0, 0.1) is 0 Å². The number of carboxylic acids is 1. The maximum absolute atomic E-state index is 8.94. The van der Waals surface area contributed by atoms with Crippen LogP contribution in [0.1, 0.15) is 32.3 Å². The van der Waals surface area contributed by atoms with Gasteiger partial charge in [-0.2, -0.15) is 0 Å². The summed E-state index contributed by atoms with van der Waals surface area (Å²) < 4.78 is 0. The van der Waals surface area contributed by atoms with Crippen LogP contribution in [0.25, 0.3) is 0 Å². The van der Waals surface area contributed by atoms with Crippen LogP contribution in [-0.2, 0) is 4.79 Å². The number of hydrogen-bond donors (Lipinski definition) is 3. The second-order valence-corrected chi connectivity index (χ2v) is 4.83. The molecule has 4 N–H and O–H groups in total. The summed E-state index contributed by atoms with van der Waals surface area (Å²) in [4.78, 5) is 8.89. The molecule has 0 atom stereocenters. The van der Waals surface area contributed by atoms with E-state index in [0.29, 0.717) is 17.4 Å². The highest BCUT2D eigenvalue weighted by Crippen LogP contribution is 2.16. The molecule has 0 aliphatic rings. The zero-order valence-corrected chi connectivity index (χ0v) is 13.0. The van der Waals surface area contributed by atoms with Gasteiger partial charge in [0.25, 0.3) is 0 Å². The number of carboxylic acid groups (broad SMARTS) is 1. The number of phenolic OH excluding ortho intramolecular Hbond substituents is 2. The molecular formula is C17H22NO4-. The van der Waals surface area contributed by atoms with E-state index in [1.165, 1.54) is 5.56 Å². The monoisotopic (exact) mass is 304 g/mol. The summed E-state index contributed by atoms with van der Waals surface area (Å²) in [5.74, 6) is 0.0456. The minimum atomic E-state index is -1.08. The molecule has 0 aliphatic heterocycles. The Morgan fingerprint density at radius 3 is 1.55 bits per heavy atom. The summed E-state index contributed by atoms with van der Waals surface area (Å²) in [7, 11) is 0. The smallest absolute Gasteiger partial charge is 0.115 e. The number of aromatic hydroxyl groups is 2. The maximum atomic E-state index is 8.94. The highest BCUT2D eigenvalue weighted by molar-refractivity contribution is 5.60. The minimum absolute atomic E-state index is 0.249. The highest BCUT2D eigenvalue weighted by atomic mass is 16.4. The van der Waals surface area contributed by atoms with Crippen molar-refractivity contribution in [1.29, 1.82) is 0 Å². The molecule has 0 bridgehead atoms. The molecule has 0 heterocycles. The van der Waals surface area contributed by atoms with Gasteiger partial charge in [-0.25, -0.2) is 0 Å². The molecule has 2 rings (SSSR count). The van der Waals surface area contributed by atoms with Crippen LogP contribution in [0.2, 0.25) is 0 Å². The molecule has 2 aromatic rings. The maximum Gasteiger partial charge on any atom is 0.115 e. The first-order valence-electron chi connectivity index (χ1n) is 6.73. The third-order valence-corrected chi connectivity index (χ3v) is 2.45. The highest BCUT2D eigenvalue weighted by Gasteiger charge is 1.96. The summed E-state index contributed by atoms with van der Waals surface area (Å²) in [5, 5.41) is 26.5. The van der Waals surface area contributed by atoms with E-state index in [-0.39, 0.29) is 5.75 Å². The van der Waals surface area contributed by atoms with Gasteiger partial charge >= 0.3 is 0 Å². The zero-order valence-electron chi connectivity index (χ0n) is 13.0. The van der Waals surface area contributed by atoms with E-state index in [1.54, 1.807) is 36.4 Å². The van der Waals surface area contributed by atoms with Gasteiger partial charge in [0, 0.05) is 11.7 Å². The Labute approximate surface area is 130 Å². The Hall–Kier alpha value is -2.69. The lowest BCUT2D eigenvalue weighted by Crippen LogP contribution is -2.16. The molecule has 0 fully saturated rings. The van der Waals surface area contributed by atoms with Crippen molar-refractivity contribution in [2.45, 2.75) is 26.7 Å². The second kappa shape index (κ2) is 10.1. The summed E-state index contributed by atoms with van der Waals surface area (Å²) in [6, 6.07) is 13.7. The van der Waals surface area contributed by atoms with Crippen molar-refractivity contribution in [3.63, 3.8) is 0 Å². The summed E-state index contributed by atoms with van der Waals surface area (Å²) in [5.41, 5.74) is 7.25. The lowest BCUT2D eigenvalue weighted by atomic mass is 10.0. The fraction of sp³-hybridized carbons (Fsp3) is 0.235. The van der Waals surface area contributed by atoms with Crippen LogP contribution in [-0.4, -0.2) is 16.2 Å². The standard InChI is InChI=1S/C9H12O.C6H7NO.C2H4O2/c1-7(2)8-3-5-9(10)6-4-8;7-5-1-3-6(8)4-2-5;1-2(3)4/h3-7,10H,1-2H3;1-4,8H,7H2;1H3,(H,3,4)/p-1. The van der Waals surface area contributed by atoms with Crippen LogP contribution in [0.4, 0.5) is 5.69 Å². The molecule has 0 aliphatic carbocycles. The van der Waals surface area contributed by atoms with Gasteiger partial charge in [0.1, 0.15) is 11.5 Å². The molecule has 22 heavy (non-hydrogen) atoms. The first-order valence-corrected chi connectivity index (χ1v) is 6.73. The van der Waals surface area contributed by atoms with Gasteiger partial charge in [0.2, 0.25) is 0 Å². The fourth-order valence-electron chi connectivity index (χ4n) is 1.33. The number of anilines is 1. The van der Waals surface area contributed by atoms with Gasteiger partial charge in [-0.3, -0.25) is 0 Å². The van der Waals surface area contributed by atoms with Crippen molar-refractivity contribution >= 4 is 11.7 Å². The Morgan fingerprint density at radius 2 is 1.27 bits per heavy atom. The lowest BCUT2D eigenvalue weighted by Gasteiger charge is -2.03. The van der Waals surface area contributed by atoms with Gasteiger partial charge in [0.15, 0.2) is 0 Å². The van der Waals surface area contributed by atoms with Crippen LogP contribution in [0.5, 0.6) is 11.5 Å². The fourth-order valence-corrected chi connectivity index (χ4v) is 1.33. The van der Waals surface area contributed by atoms with Crippen molar-refractivity contribution < 1.29 is 20.1 Å². The first kappa shape index (κ1) is 19.3. The van der Waals surface area contributed by atoms with E-state index in [4.69, 9.17) is 25.8 Å². The number of phenols is 2. The average molecular weight is 304 g/mol. The van der Waals surface area contributed by atoms with Crippen LogP contribution in [0.15, 0.2) is 48.5 Å². The minimum Gasteiger partial charge on any atom is -0.550 e. The number of benzene rings is 2. The van der Waals surface area contributed by atoms with Gasteiger partial charge in [-0.05, 0) is 54.8 Å². The van der Waals surface area contributed by atoms with Crippen molar-refractivity contribution in [3.8, 4) is 11.5 Å². The largest absolute Gasteiger partial charge is 0.550 e. The number of rotatable bonds is 1. The van der Waals surface area contributed by atoms with Gasteiger partial charge in [-0.15, -0.1) is 0 Å². The Morgan fingerprint density at radius 1 is 0.955 bits per heavy atom. The van der Waals surface area contributed by atoms with E-state index in [0.717, 1.165) is 6.92 Å². The molecule has 0 amide bonds. The molecule has 0 saturated carbocycles. The number of nitrogen functional groups attached to an aromatic ring is 1. The molecule has 0 saturated heterocycles. The molecule has 0 unspecified atom stereocenters. The lowest BCUT2D eigenvalue weighted by molar-refractivity contribution is -0.302. The summed E-state index contributed by atoms with van der Waals surface area (Å²) in [6.45, 7) is 5.23. The second-order valence-electron chi connectivity index (χ2n) is 4.83. The summed E-state index contributed by atoms with van der Waals surface area (Å²) in [6.07, 6.45) is 0. The Bertz CT molecular complexity index is 523. The van der Waals surface area contributed by atoms with Gasteiger partial charge in [-0.1, -0.05) is 26.0 Å². The topological polar surface area (TPSA) is 107 Å². The summed E-state index contributed by atoms with van der Waals surface area (Å²) >= 11 is 0. The van der Waals surface area contributed by atoms with Crippen molar-refractivity contribution in [1.82, 2.24) is 0 Å². The van der Waals surface area contributed by atoms with Gasteiger partial charge < -0.3 is 25.8 Å². The number of carbonyl (C=O) groups excluding carboxylic acids is 1. The number of hydrogen-bond acceptors (Lipinski definition) is 5. The molecule has 0 spiro atoms. The third kappa shape index (κ3) is 10.1. The van der Waals surface area contributed by atoms with Crippen LogP contribution < -0.4 is 10.8 Å². The third-order valence-electron chi connectivity index (χ3n) is 2.45. The van der Waals surface area contributed by atoms with E-state index in [2.05, 4.69) is 13.8 Å². The van der Waals surface area contributed by atoms with E-state index in [9.17, 15) is 0 Å². The van der Waals surface area contributed by atoms with Crippen molar-refractivity contribution in [2.75, 3.05) is 5.73 Å². The molecule has 0 aromatic heterocycles. The quantitative estimate of drug-likeness (QED) is 0.553. The van der Waals surface area contributed by atoms with E-state index in [1.807, 2.05) is 12.1 Å². The van der Waals surface area contributed by atoms with Gasteiger partial charge in [0.05, 0.1) is 0 Å².